The average molecular weight is 352 g/mol. The zero-order valence-corrected chi connectivity index (χ0v) is 14.5. The van der Waals surface area contributed by atoms with E-state index >= 15 is 0 Å². The molecule has 0 spiro atoms. The standard InChI is InChI=1S/C13H10OS.C7H6OS/c15-13(11-7-3-1-4-8-11)14-12-9-5-2-6-10-12;8-7(9)6-4-2-1-3-5-6/h1-10H;1-5H,(H,8,9). The Morgan fingerprint density at radius 2 is 1.12 bits per heavy atom. The van der Waals surface area contributed by atoms with Gasteiger partial charge < -0.3 is 4.74 Å². The first-order chi connectivity index (χ1) is 11.7. The highest BCUT2D eigenvalue weighted by Crippen LogP contribution is 2.12. The molecule has 0 aromatic heterocycles. The molecule has 2 nitrogen and oxygen atoms in total. The number of carbonyl (C=O) groups excluding carboxylic acids is 1. The van der Waals surface area contributed by atoms with Crippen molar-refractivity contribution < 1.29 is 9.53 Å². The second kappa shape index (κ2) is 9.65. The van der Waals surface area contributed by atoms with E-state index in [2.05, 4.69) is 12.6 Å². The van der Waals surface area contributed by atoms with Crippen molar-refractivity contribution in [3.05, 3.63) is 102 Å². The number of para-hydroxylation sites is 1. The number of thiol groups is 1. The maximum atomic E-state index is 10.5. The molecule has 0 aliphatic carbocycles. The number of rotatable bonds is 3. The minimum Gasteiger partial charge on any atom is -0.445 e. The molecular formula is C20H16O2S2. The van der Waals surface area contributed by atoms with Gasteiger partial charge >= 0.3 is 0 Å². The zero-order chi connectivity index (χ0) is 17.2. The molecule has 0 aliphatic rings. The van der Waals surface area contributed by atoms with Crippen molar-refractivity contribution in [2.45, 2.75) is 0 Å². The van der Waals surface area contributed by atoms with Crippen LogP contribution in [0.15, 0.2) is 91.0 Å². The van der Waals surface area contributed by atoms with Gasteiger partial charge in [-0.15, -0.1) is 12.6 Å². The van der Waals surface area contributed by atoms with Gasteiger partial charge in [0.05, 0.1) is 0 Å². The fourth-order valence-corrected chi connectivity index (χ4v) is 2.19. The Hall–Kier alpha value is -2.43. The Balaban J connectivity index is 0.000000198. The Morgan fingerprint density at radius 3 is 1.54 bits per heavy atom. The minimum atomic E-state index is -0.185. The molecule has 3 rings (SSSR count). The second-order valence-electron chi connectivity index (χ2n) is 4.74. The summed E-state index contributed by atoms with van der Waals surface area (Å²) >= 11 is 8.83. The number of carbonyl (C=O) groups is 1. The lowest BCUT2D eigenvalue weighted by molar-refractivity contribution is 0.109. The fourth-order valence-electron chi connectivity index (χ4n) is 1.81. The van der Waals surface area contributed by atoms with Gasteiger partial charge in [0, 0.05) is 11.1 Å². The molecule has 0 saturated heterocycles. The molecule has 4 heteroatoms. The summed E-state index contributed by atoms with van der Waals surface area (Å²) in [6.45, 7) is 0. The molecule has 0 N–H and O–H groups in total. The van der Waals surface area contributed by atoms with Gasteiger partial charge in [-0.25, -0.2) is 0 Å². The van der Waals surface area contributed by atoms with E-state index in [-0.39, 0.29) is 5.12 Å². The summed E-state index contributed by atoms with van der Waals surface area (Å²) < 4.78 is 5.53. The number of hydrogen-bond donors (Lipinski definition) is 1. The molecular weight excluding hydrogens is 336 g/mol. The van der Waals surface area contributed by atoms with Crippen LogP contribution in [0.1, 0.15) is 15.9 Å². The number of hydrogen-bond acceptors (Lipinski definition) is 3. The third kappa shape index (κ3) is 5.99. The molecule has 0 aliphatic heterocycles. The van der Waals surface area contributed by atoms with Crippen LogP contribution in [0, 0.1) is 0 Å². The maximum absolute atomic E-state index is 10.5. The summed E-state index contributed by atoms with van der Waals surface area (Å²) in [7, 11) is 0. The van der Waals surface area contributed by atoms with Gasteiger partial charge in [-0.2, -0.15) is 0 Å². The molecule has 3 aromatic carbocycles. The third-order valence-electron chi connectivity index (χ3n) is 2.98. The highest BCUT2D eigenvalue weighted by atomic mass is 32.1. The van der Waals surface area contributed by atoms with Crippen molar-refractivity contribution in [1.29, 1.82) is 0 Å². The quantitative estimate of drug-likeness (QED) is 0.518. The first kappa shape index (κ1) is 17.9. The van der Waals surface area contributed by atoms with E-state index in [9.17, 15) is 4.79 Å². The highest BCUT2D eigenvalue weighted by molar-refractivity contribution is 7.97. The zero-order valence-electron chi connectivity index (χ0n) is 12.8. The van der Waals surface area contributed by atoms with E-state index in [1.54, 1.807) is 12.1 Å². The van der Waals surface area contributed by atoms with E-state index in [0.29, 0.717) is 10.6 Å². The predicted octanol–water partition coefficient (Wildman–Crippen LogP) is 5.20. The lowest BCUT2D eigenvalue weighted by atomic mass is 10.2. The molecule has 0 radical (unpaired) electrons. The third-order valence-corrected chi connectivity index (χ3v) is 3.56. The molecule has 0 heterocycles. The Kier molecular flexibility index (Phi) is 7.21. The van der Waals surface area contributed by atoms with Gasteiger partial charge in [0.2, 0.25) is 5.12 Å². The Labute approximate surface area is 152 Å². The van der Waals surface area contributed by atoms with E-state index in [1.165, 1.54) is 0 Å². The topological polar surface area (TPSA) is 26.3 Å². The number of thiocarbonyl (C=S) groups is 1. The van der Waals surface area contributed by atoms with Crippen LogP contribution >= 0.6 is 24.8 Å². The Bertz CT molecular complexity index is 773. The van der Waals surface area contributed by atoms with Crippen molar-refractivity contribution in [1.82, 2.24) is 0 Å². The molecule has 0 bridgehead atoms. The highest BCUT2D eigenvalue weighted by Gasteiger charge is 2.01. The lowest BCUT2D eigenvalue weighted by Crippen LogP contribution is -2.06. The van der Waals surface area contributed by atoms with Crippen molar-refractivity contribution in [3.8, 4) is 5.75 Å². The maximum Gasteiger partial charge on any atom is 0.216 e. The monoisotopic (exact) mass is 352 g/mol. The van der Waals surface area contributed by atoms with Crippen LogP contribution in [-0.4, -0.2) is 10.2 Å². The van der Waals surface area contributed by atoms with Crippen LogP contribution in [0.25, 0.3) is 0 Å². The molecule has 0 amide bonds. The predicted molar refractivity (Wildman–Crippen MR) is 105 cm³/mol. The van der Waals surface area contributed by atoms with Gasteiger partial charge in [-0.3, -0.25) is 4.79 Å². The molecule has 0 unspecified atom stereocenters. The van der Waals surface area contributed by atoms with Crippen LogP contribution in [0.2, 0.25) is 0 Å². The molecule has 0 atom stereocenters. The summed E-state index contributed by atoms with van der Waals surface area (Å²) in [5, 5.41) is 0.317. The van der Waals surface area contributed by atoms with Gasteiger partial charge in [0.15, 0.2) is 5.05 Å². The van der Waals surface area contributed by atoms with Crippen molar-refractivity contribution >= 4 is 35.0 Å². The molecule has 120 valence electrons. The van der Waals surface area contributed by atoms with Gasteiger partial charge in [-0.1, -0.05) is 78.9 Å². The van der Waals surface area contributed by atoms with Crippen LogP contribution in [-0.2, 0) is 0 Å². The van der Waals surface area contributed by atoms with Crippen molar-refractivity contribution in [2.75, 3.05) is 0 Å². The first-order valence-electron chi connectivity index (χ1n) is 7.27. The summed E-state index contributed by atoms with van der Waals surface area (Å²) in [5.41, 5.74) is 1.57. The second-order valence-corrected chi connectivity index (χ2v) is 5.52. The van der Waals surface area contributed by atoms with Crippen molar-refractivity contribution in [3.63, 3.8) is 0 Å². The van der Waals surface area contributed by atoms with E-state index in [4.69, 9.17) is 17.0 Å². The summed E-state index contributed by atoms with van der Waals surface area (Å²) in [6, 6.07) is 28.2. The lowest BCUT2D eigenvalue weighted by Gasteiger charge is -2.06. The fraction of sp³-hybridized carbons (Fsp3) is 0. The van der Waals surface area contributed by atoms with Crippen LogP contribution < -0.4 is 4.74 Å². The largest absolute Gasteiger partial charge is 0.445 e. The Morgan fingerprint density at radius 1 is 0.708 bits per heavy atom. The van der Waals surface area contributed by atoms with E-state index < -0.39 is 0 Å². The van der Waals surface area contributed by atoms with Crippen LogP contribution in [0.4, 0.5) is 0 Å². The molecule has 24 heavy (non-hydrogen) atoms. The normalized spacial score (nSPS) is 9.38. The molecule has 3 aromatic rings. The van der Waals surface area contributed by atoms with Gasteiger partial charge in [0.25, 0.3) is 0 Å². The summed E-state index contributed by atoms with van der Waals surface area (Å²) in [6.07, 6.45) is 0. The van der Waals surface area contributed by atoms with Crippen LogP contribution in [0.3, 0.4) is 0 Å². The first-order valence-corrected chi connectivity index (χ1v) is 8.13. The SMILES string of the molecule is O=C(S)c1ccccc1.S=C(Oc1ccccc1)c1ccccc1. The van der Waals surface area contributed by atoms with E-state index in [1.807, 2.05) is 78.9 Å². The number of ether oxygens (including phenoxy) is 1. The molecule has 0 saturated carbocycles. The van der Waals surface area contributed by atoms with Gasteiger partial charge in [0.1, 0.15) is 5.75 Å². The molecule has 0 fully saturated rings. The van der Waals surface area contributed by atoms with Gasteiger partial charge in [-0.05, 0) is 24.4 Å². The summed E-state index contributed by atoms with van der Waals surface area (Å²) in [4.78, 5) is 10.5. The van der Waals surface area contributed by atoms with E-state index in [0.717, 1.165) is 11.3 Å². The number of benzene rings is 3. The van der Waals surface area contributed by atoms with Crippen LogP contribution in [0.5, 0.6) is 5.75 Å². The smallest absolute Gasteiger partial charge is 0.216 e. The summed E-state index contributed by atoms with van der Waals surface area (Å²) in [5.74, 6) is 0.770. The minimum absolute atomic E-state index is 0.185. The average Bonchev–Trinajstić information content (AvgIpc) is 2.64. The van der Waals surface area contributed by atoms with Crippen molar-refractivity contribution in [2.24, 2.45) is 0 Å².